The first-order valence-electron chi connectivity index (χ1n) is 4.91. The van der Waals surface area contributed by atoms with Gasteiger partial charge in [-0.2, -0.15) is 0 Å². The molecule has 0 N–H and O–H groups in total. The summed E-state index contributed by atoms with van der Waals surface area (Å²) in [5, 5.41) is 7.49. The molecule has 0 atom stereocenters. The van der Waals surface area contributed by atoms with Crippen LogP contribution in [-0.4, -0.2) is 19.9 Å². The average molecular weight is 199 g/mol. The predicted molar refractivity (Wildman–Crippen MR) is 56.6 cm³/mol. The molecule has 1 aromatic heterocycles. The maximum absolute atomic E-state index is 3.74. The Labute approximate surface area is 84.1 Å². The second-order valence-corrected chi connectivity index (χ2v) is 4.16. The maximum atomic E-state index is 3.74. The Bertz CT molecular complexity index is 199. The van der Waals surface area contributed by atoms with Gasteiger partial charge < -0.3 is 0 Å². The van der Waals surface area contributed by atoms with Gasteiger partial charge in [-0.25, -0.2) is 0 Å². The van der Waals surface area contributed by atoms with Crippen LogP contribution in [0.1, 0.15) is 39.0 Å². The Kier molecular flexibility index (Phi) is 5.65. The van der Waals surface area contributed by atoms with Crippen molar-refractivity contribution in [2.75, 3.05) is 5.75 Å². The highest BCUT2D eigenvalue weighted by atomic mass is 32.2. The van der Waals surface area contributed by atoms with Crippen molar-refractivity contribution in [2.45, 2.75) is 39.0 Å². The van der Waals surface area contributed by atoms with Crippen molar-refractivity contribution >= 4 is 11.9 Å². The summed E-state index contributed by atoms with van der Waals surface area (Å²) in [6, 6.07) is 0. The highest BCUT2D eigenvalue weighted by molar-refractivity contribution is 7.97. The minimum atomic E-state index is 1.17. The van der Waals surface area contributed by atoms with Gasteiger partial charge in [-0.3, -0.25) is 3.97 Å². The first-order valence-corrected chi connectivity index (χ1v) is 5.85. The summed E-state index contributed by atoms with van der Waals surface area (Å²) in [5.41, 5.74) is 0. The lowest BCUT2D eigenvalue weighted by Gasteiger charge is -2.00. The van der Waals surface area contributed by atoms with Crippen LogP contribution in [0.15, 0.2) is 12.7 Å². The normalized spacial score (nSPS) is 10.5. The number of hydrogen-bond acceptors (Lipinski definition) is 3. The molecule has 13 heavy (non-hydrogen) atoms. The van der Waals surface area contributed by atoms with Crippen LogP contribution < -0.4 is 0 Å². The average Bonchev–Trinajstić information content (AvgIpc) is 2.63. The molecule has 0 fully saturated rings. The molecule has 3 nitrogen and oxygen atoms in total. The summed E-state index contributed by atoms with van der Waals surface area (Å²) < 4.78 is 1.96. The fourth-order valence-corrected chi connectivity index (χ4v) is 1.90. The van der Waals surface area contributed by atoms with Crippen molar-refractivity contribution in [2.24, 2.45) is 0 Å². The van der Waals surface area contributed by atoms with Crippen molar-refractivity contribution < 1.29 is 0 Å². The third-order valence-electron chi connectivity index (χ3n) is 1.89. The molecule has 0 saturated carbocycles. The van der Waals surface area contributed by atoms with Gasteiger partial charge in [0.05, 0.1) is 0 Å². The van der Waals surface area contributed by atoms with Crippen LogP contribution in [0, 0.1) is 0 Å². The van der Waals surface area contributed by atoms with E-state index in [0.717, 1.165) is 0 Å². The van der Waals surface area contributed by atoms with E-state index >= 15 is 0 Å². The van der Waals surface area contributed by atoms with Gasteiger partial charge in [0.2, 0.25) is 0 Å². The SMILES string of the molecule is CCCCCCCSn1cnnc1. The van der Waals surface area contributed by atoms with Crippen LogP contribution in [0.3, 0.4) is 0 Å². The highest BCUT2D eigenvalue weighted by Crippen LogP contribution is 2.09. The molecule has 0 bridgehead atoms. The topological polar surface area (TPSA) is 30.7 Å². The van der Waals surface area contributed by atoms with Crippen LogP contribution in [-0.2, 0) is 0 Å². The molecule has 0 radical (unpaired) electrons. The smallest absolute Gasteiger partial charge is 0.129 e. The van der Waals surface area contributed by atoms with Crippen LogP contribution in [0.25, 0.3) is 0 Å². The molecule has 0 amide bonds. The number of unbranched alkanes of at least 4 members (excludes halogenated alkanes) is 4. The fourth-order valence-electron chi connectivity index (χ4n) is 1.13. The molecular formula is C9H17N3S. The maximum Gasteiger partial charge on any atom is 0.129 e. The molecule has 0 spiro atoms. The second-order valence-electron chi connectivity index (χ2n) is 3.07. The fraction of sp³-hybridized carbons (Fsp3) is 0.778. The van der Waals surface area contributed by atoms with Crippen LogP contribution in [0.4, 0.5) is 0 Å². The van der Waals surface area contributed by atoms with Gasteiger partial charge in [-0.1, -0.05) is 32.6 Å². The minimum absolute atomic E-state index is 1.17. The third-order valence-corrected chi connectivity index (χ3v) is 2.84. The molecular weight excluding hydrogens is 182 g/mol. The summed E-state index contributed by atoms with van der Waals surface area (Å²) in [6.07, 6.45) is 10.2. The van der Waals surface area contributed by atoms with Crippen LogP contribution >= 0.6 is 11.9 Å². The summed E-state index contributed by atoms with van der Waals surface area (Å²) in [7, 11) is 0. The Balaban J connectivity index is 1.90. The lowest BCUT2D eigenvalue weighted by atomic mass is 10.2. The van der Waals surface area contributed by atoms with Crippen molar-refractivity contribution in [3.8, 4) is 0 Å². The largest absolute Gasteiger partial charge is 0.261 e. The molecule has 4 heteroatoms. The summed E-state index contributed by atoms with van der Waals surface area (Å²) >= 11 is 1.78. The molecule has 0 aliphatic heterocycles. The van der Waals surface area contributed by atoms with Crippen molar-refractivity contribution in [1.82, 2.24) is 14.2 Å². The van der Waals surface area contributed by atoms with Gasteiger partial charge in [-0.15, -0.1) is 10.2 Å². The first-order chi connectivity index (χ1) is 6.43. The molecule has 1 aromatic rings. The van der Waals surface area contributed by atoms with E-state index in [0.29, 0.717) is 0 Å². The zero-order valence-electron chi connectivity index (χ0n) is 8.15. The van der Waals surface area contributed by atoms with Crippen molar-refractivity contribution in [3.63, 3.8) is 0 Å². The lowest BCUT2D eigenvalue weighted by molar-refractivity contribution is 0.659. The van der Waals surface area contributed by atoms with E-state index in [1.807, 2.05) is 3.97 Å². The monoisotopic (exact) mass is 199 g/mol. The van der Waals surface area contributed by atoms with Crippen LogP contribution in [0.2, 0.25) is 0 Å². The molecule has 0 saturated heterocycles. The second kappa shape index (κ2) is 6.95. The molecule has 1 rings (SSSR count). The van der Waals surface area contributed by atoms with Gasteiger partial charge in [0.1, 0.15) is 12.7 Å². The lowest BCUT2D eigenvalue weighted by Crippen LogP contribution is -1.86. The van der Waals surface area contributed by atoms with Gasteiger partial charge in [-0.05, 0) is 18.4 Å². The van der Waals surface area contributed by atoms with Crippen LogP contribution in [0.5, 0.6) is 0 Å². The van der Waals surface area contributed by atoms with Crippen molar-refractivity contribution in [3.05, 3.63) is 12.7 Å². The van der Waals surface area contributed by atoms with Crippen molar-refractivity contribution in [1.29, 1.82) is 0 Å². The molecule has 1 heterocycles. The first kappa shape index (κ1) is 10.6. The summed E-state index contributed by atoms with van der Waals surface area (Å²) in [5.74, 6) is 1.17. The Morgan fingerprint density at radius 2 is 1.77 bits per heavy atom. The Hall–Kier alpha value is -0.510. The van der Waals surface area contributed by atoms with E-state index in [2.05, 4.69) is 17.1 Å². The molecule has 0 aliphatic carbocycles. The van der Waals surface area contributed by atoms with Gasteiger partial charge in [0, 0.05) is 5.75 Å². The molecule has 0 aliphatic rings. The Morgan fingerprint density at radius 1 is 1.08 bits per heavy atom. The predicted octanol–water partition coefficient (Wildman–Crippen LogP) is 2.74. The Morgan fingerprint density at radius 3 is 2.46 bits per heavy atom. The number of hydrogen-bond donors (Lipinski definition) is 0. The standard InChI is InChI=1S/C9H17N3S/c1-2-3-4-5-6-7-13-12-8-10-11-9-12/h8-9H,2-7H2,1H3. The minimum Gasteiger partial charge on any atom is -0.261 e. The number of nitrogens with zero attached hydrogens (tertiary/aromatic N) is 3. The van der Waals surface area contributed by atoms with E-state index in [9.17, 15) is 0 Å². The molecule has 0 aromatic carbocycles. The van der Waals surface area contributed by atoms with Gasteiger partial charge >= 0.3 is 0 Å². The van der Waals surface area contributed by atoms with Gasteiger partial charge in [0.15, 0.2) is 0 Å². The quantitative estimate of drug-likeness (QED) is 0.633. The number of rotatable bonds is 7. The molecule has 0 unspecified atom stereocenters. The zero-order valence-corrected chi connectivity index (χ0v) is 8.96. The summed E-state index contributed by atoms with van der Waals surface area (Å²) in [6.45, 7) is 2.24. The summed E-state index contributed by atoms with van der Waals surface area (Å²) in [4.78, 5) is 0. The third kappa shape index (κ3) is 4.93. The molecule has 74 valence electrons. The zero-order chi connectivity index (χ0) is 9.36. The highest BCUT2D eigenvalue weighted by Gasteiger charge is 1.92. The van der Waals surface area contributed by atoms with E-state index in [1.165, 1.54) is 37.9 Å². The number of aromatic nitrogens is 3. The van der Waals surface area contributed by atoms with Gasteiger partial charge in [0.25, 0.3) is 0 Å². The van der Waals surface area contributed by atoms with E-state index in [1.54, 1.807) is 24.6 Å². The van der Waals surface area contributed by atoms with E-state index < -0.39 is 0 Å². The van der Waals surface area contributed by atoms with E-state index in [-0.39, 0.29) is 0 Å². The van der Waals surface area contributed by atoms with E-state index in [4.69, 9.17) is 0 Å².